The van der Waals surface area contributed by atoms with Crippen LogP contribution in [0.15, 0.2) is 0 Å². The molecule has 0 amide bonds. The molecule has 22 heavy (non-hydrogen) atoms. The van der Waals surface area contributed by atoms with Crippen molar-refractivity contribution in [1.29, 1.82) is 0 Å². The number of carbonyl (C=O) groups is 1. The zero-order valence-corrected chi connectivity index (χ0v) is 14.7. The van der Waals surface area contributed by atoms with Crippen LogP contribution in [-0.4, -0.2) is 23.8 Å². The van der Waals surface area contributed by atoms with Gasteiger partial charge in [0.2, 0.25) is 0 Å². The number of fused-ring (bicyclic) bond motifs is 3. The van der Waals surface area contributed by atoms with E-state index < -0.39 is 5.60 Å². The van der Waals surface area contributed by atoms with Crippen LogP contribution in [0, 0.1) is 28.6 Å². The van der Waals surface area contributed by atoms with Gasteiger partial charge in [0.1, 0.15) is 0 Å². The lowest BCUT2D eigenvalue weighted by atomic mass is 9.43. The molecule has 3 nitrogen and oxygen atoms in total. The van der Waals surface area contributed by atoms with Crippen molar-refractivity contribution < 1.29 is 14.6 Å². The molecule has 1 N–H and O–H groups in total. The maximum atomic E-state index is 12.5. The Hall–Kier alpha value is -0.570. The monoisotopic (exact) mass is 308 g/mol. The fourth-order valence-corrected chi connectivity index (χ4v) is 6.55. The summed E-state index contributed by atoms with van der Waals surface area (Å²) >= 11 is 0. The van der Waals surface area contributed by atoms with E-state index in [9.17, 15) is 9.90 Å². The molecule has 0 bridgehead atoms. The summed E-state index contributed by atoms with van der Waals surface area (Å²) in [6.45, 7) is 6.56. The number of esters is 1. The second-order valence-corrected chi connectivity index (χ2v) is 9.00. The van der Waals surface area contributed by atoms with Crippen molar-refractivity contribution in [3.05, 3.63) is 0 Å². The van der Waals surface area contributed by atoms with Crippen molar-refractivity contribution in [2.45, 2.75) is 77.7 Å². The Morgan fingerprint density at radius 3 is 2.50 bits per heavy atom. The molecule has 3 fully saturated rings. The molecule has 0 spiro atoms. The van der Waals surface area contributed by atoms with E-state index in [1.54, 1.807) is 0 Å². The zero-order valence-electron chi connectivity index (χ0n) is 14.7. The second kappa shape index (κ2) is 5.22. The quantitative estimate of drug-likeness (QED) is 0.747. The van der Waals surface area contributed by atoms with Gasteiger partial charge in [-0.15, -0.1) is 0 Å². The Balaban J connectivity index is 1.90. The molecule has 0 aromatic rings. The number of ether oxygens (including phenoxy) is 1. The van der Waals surface area contributed by atoms with E-state index in [0.717, 1.165) is 44.9 Å². The van der Waals surface area contributed by atoms with Gasteiger partial charge < -0.3 is 9.84 Å². The zero-order chi connectivity index (χ0) is 16.2. The number of hydrogen-bond acceptors (Lipinski definition) is 3. The molecule has 0 aliphatic heterocycles. The molecule has 3 aliphatic carbocycles. The molecule has 0 unspecified atom stereocenters. The second-order valence-electron chi connectivity index (χ2n) is 9.00. The van der Waals surface area contributed by atoms with Crippen LogP contribution in [0.25, 0.3) is 0 Å². The molecule has 0 aromatic heterocycles. The molecular formula is C19H32O3. The van der Waals surface area contributed by atoms with Gasteiger partial charge in [-0.3, -0.25) is 4.79 Å². The molecule has 6 atom stereocenters. The lowest BCUT2D eigenvalue weighted by Gasteiger charge is -2.61. The maximum absolute atomic E-state index is 12.5. The normalized spacial score (nSPS) is 51.6. The first-order valence-electron chi connectivity index (χ1n) is 9.04. The molecular weight excluding hydrogens is 276 g/mol. The minimum atomic E-state index is -0.481. The van der Waals surface area contributed by atoms with Crippen molar-refractivity contribution in [1.82, 2.24) is 0 Å². The molecule has 3 saturated carbocycles. The first-order valence-corrected chi connectivity index (χ1v) is 9.04. The predicted octanol–water partition coefficient (Wildman–Crippen LogP) is 3.93. The van der Waals surface area contributed by atoms with E-state index in [1.807, 2.05) is 6.92 Å². The average molecular weight is 308 g/mol. The van der Waals surface area contributed by atoms with E-state index in [4.69, 9.17) is 4.74 Å². The van der Waals surface area contributed by atoms with E-state index in [0.29, 0.717) is 17.8 Å². The molecule has 0 heterocycles. The molecule has 3 rings (SSSR count). The predicted molar refractivity (Wildman–Crippen MR) is 86.3 cm³/mol. The Bertz CT molecular complexity index is 458. The summed E-state index contributed by atoms with van der Waals surface area (Å²) in [6, 6.07) is 0. The SMILES string of the molecule is COC(=O)[C@]1(C)CCC[C@@]2(C)[C@H]1CC[C@@H]1C[C@@](C)(O)CC[C@@H]12. The first kappa shape index (κ1) is 16.3. The lowest BCUT2D eigenvalue weighted by molar-refractivity contribution is -0.180. The van der Waals surface area contributed by atoms with Gasteiger partial charge in [-0.2, -0.15) is 0 Å². The Morgan fingerprint density at radius 1 is 1.09 bits per heavy atom. The van der Waals surface area contributed by atoms with Gasteiger partial charge in [-0.25, -0.2) is 0 Å². The van der Waals surface area contributed by atoms with Gasteiger partial charge in [-0.05, 0) is 82.0 Å². The van der Waals surface area contributed by atoms with Crippen molar-refractivity contribution >= 4 is 5.97 Å². The smallest absolute Gasteiger partial charge is 0.311 e. The highest BCUT2D eigenvalue weighted by Crippen LogP contribution is 2.64. The van der Waals surface area contributed by atoms with Gasteiger partial charge in [0.25, 0.3) is 0 Å². The van der Waals surface area contributed by atoms with Crippen molar-refractivity contribution in [3.8, 4) is 0 Å². The maximum Gasteiger partial charge on any atom is 0.311 e. The van der Waals surface area contributed by atoms with Crippen LogP contribution in [0.5, 0.6) is 0 Å². The van der Waals surface area contributed by atoms with Crippen molar-refractivity contribution in [2.75, 3.05) is 7.11 Å². The van der Waals surface area contributed by atoms with Crippen LogP contribution in [0.3, 0.4) is 0 Å². The van der Waals surface area contributed by atoms with Crippen LogP contribution in [-0.2, 0) is 9.53 Å². The van der Waals surface area contributed by atoms with E-state index in [1.165, 1.54) is 13.5 Å². The van der Waals surface area contributed by atoms with Crippen LogP contribution in [0.4, 0.5) is 0 Å². The molecule has 126 valence electrons. The summed E-state index contributed by atoms with van der Waals surface area (Å²) in [5.41, 5.74) is -0.558. The van der Waals surface area contributed by atoms with Crippen LogP contribution < -0.4 is 0 Å². The summed E-state index contributed by atoms with van der Waals surface area (Å²) in [6.07, 6.45) is 8.55. The minimum Gasteiger partial charge on any atom is -0.469 e. The third kappa shape index (κ3) is 2.31. The average Bonchev–Trinajstić information content (AvgIpc) is 2.44. The van der Waals surface area contributed by atoms with E-state index in [2.05, 4.69) is 13.8 Å². The number of methoxy groups -OCH3 is 1. The lowest BCUT2D eigenvalue weighted by Crippen LogP contribution is -2.57. The number of aliphatic hydroxyl groups is 1. The van der Waals surface area contributed by atoms with E-state index in [-0.39, 0.29) is 16.8 Å². The summed E-state index contributed by atoms with van der Waals surface area (Å²) in [5, 5.41) is 10.4. The third-order valence-electron chi connectivity index (χ3n) is 7.57. The van der Waals surface area contributed by atoms with Crippen LogP contribution >= 0.6 is 0 Å². The highest BCUT2D eigenvalue weighted by Gasteiger charge is 2.60. The first-order chi connectivity index (χ1) is 10.2. The topological polar surface area (TPSA) is 46.5 Å². The molecule has 3 aliphatic rings. The van der Waals surface area contributed by atoms with Gasteiger partial charge in [0.05, 0.1) is 18.1 Å². The minimum absolute atomic E-state index is 0.00955. The number of carbonyl (C=O) groups excluding carboxylic acids is 1. The van der Waals surface area contributed by atoms with Crippen LogP contribution in [0.1, 0.15) is 72.1 Å². The standard InChI is InChI=1S/C19H32O3/c1-17(21)11-8-14-13(12-17)6-7-15-18(14,2)9-5-10-19(15,3)16(20)22-4/h13-15,21H,5-12H2,1-4H3/t13-,14+,15-,17+,18-,19-/m1/s1. The Kier molecular flexibility index (Phi) is 3.87. The van der Waals surface area contributed by atoms with Gasteiger partial charge in [0.15, 0.2) is 0 Å². The van der Waals surface area contributed by atoms with E-state index >= 15 is 0 Å². The third-order valence-corrected chi connectivity index (χ3v) is 7.57. The summed E-state index contributed by atoms with van der Waals surface area (Å²) in [4.78, 5) is 12.5. The Morgan fingerprint density at radius 2 is 1.82 bits per heavy atom. The van der Waals surface area contributed by atoms with Gasteiger partial charge in [-0.1, -0.05) is 13.3 Å². The van der Waals surface area contributed by atoms with Gasteiger partial charge >= 0.3 is 5.97 Å². The highest BCUT2D eigenvalue weighted by atomic mass is 16.5. The molecule has 0 saturated heterocycles. The molecule has 0 radical (unpaired) electrons. The summed E-state index contributed by atoms with van der Waals surface area (Å²) in [7, 11) is 1.53. The van der Waals surface area contributed by atoms with Crippen molar-refractivity contribution in [3.63, 3.8) is 0 Å². The molecule has 0 aromatic carbocycles. The fourth-order valence-electron chi connectivity index (χ4n) is 6.55. The van der Waals surface area contributed by atoms with Gasteiger partial charge in [0, 0.05) is 0 Å². The summed E-state index contributed by atoms with van der Waals surface area (Å²) < 4.78 is 5.18. The number of hydrogen-bond donors (Lipinski definition) is 1. The number of rotatable bonds is 1. The fraction of sp³-hybridized carbons (Fsp3) is 0.947. The van der Waals surface area contributed by atoms with Crippen molar-refractivity contribution in [2.24, 2.45) is 28.6 Å². The largest absolute Gasteiger partial charge is 0.469 e. The summed E-state index contributed by atoms with van der Waals surface area (Å²) in [5.74, 6) is 1.72. The highest BCUT2D eigenvalue weighted by molar-refractivity contribution is 5.77. The van der Waals surface area contributed by atoms with Crippen LogP contribution in [0.2, 0.25) is 0 Å². The Labute approximate surface area is 134 Å². The molecule has 3 heteroatoms.